The van der Waals surface area contributed by atoms with Crippen LogP contribution in [-0.4, -0.2) is 25.5 Å². The van der Waals surface area contributed by atoms with E-state index in [-0.39, 0.29) is 16.5 Å². The van der Waals surface area contributed by atoms with E-state index in [4.69, 9.17) is 5.11 Å². The minimum atomic E-state index is -3.56. The standard InChI is InChI=1S/C18H22N2O4S/c1-3-13(2)20-25(23,24)17-9-5-8-16(11-17)19-12-14-6-4-7-15(10-14)18(21)22/h4-11,13,19-20H,3,12H2,1-2H3,(H,21,22). The highest BCUT2D eigenvalue weighted by Gasteiger charge is 2.16. The van der Waals surface area contributed by atoms with Crippen molar-refractivity contribution in [1.82, 2.24) is 4.72 Å². The van der Waals surface area contributed by atoms with E-state index in [0.717, 1.165) is 5.56 Å². The molecule has 7 heteroatoms. The summed E-state index contributed by atoms with van der Waals surface area (Å²) >= 11 is 0. The average molecular weight is 362 g/mol. The van der Waals surface area contributed by atoms with Gasteiger partial charge in [-0.2, -0.15) is 0 Å². The van der Waals surface area contributed by atoms with Gasteiger partial charge in [-0.3, -0.25) is 0 Å². The molecule has 0 aliphatic rings. The molecule has 25 heavy (non-hydrogen) atoms. The third kappa shape index (κ3) is 5.30. The molecule has 0 saturated heterocycles. The maximum atomic E-state index is 12.3. The van der Waals surface area contributed by atoms with Gasteiger partial charge in [-0.15, -0.1) is 0 Å². The van der Waals surface area contributed by atoms with Crippen LogP contribution in [0.15, 0.2) is 53.4 Å². The minimum Gasteiger partial charge on any atom is -0.478 e. The van der Waals surface area contributed by atoms with Gasteiger partial charge in [-0.25, -0.2) is 17.9 Å². The Kier molecular flexibility index (Phi) is 6.17. The molecule has 1 atom stereocenters. The van der Waals surface area contributed by atoms with E-state index >= 15 is 0 Å². The molecular formula is C18H22N2O4S. The third-order valence-corrected chi connectivity index (χ3v) is 5.37. The van der Waals surface area contributed by atoms with Crippen LogP contribution in [0.1, 0.15) is 36.2 Å². The van der Waals surface area contributed by atoms with Gasteiger partial charge in [0.05, 0.1) is 10.5 Å². The van der Waals surface area contributed by atoms with Crippen molar-refractivity contribution in [2.24, 2.45) is 0 Å². The highest BCUT2D eigenvalue weighted by atomic mass is 32.2. The Morgan fingerprint density at radius 2 is 1.88 bits per heavy atom. The van der Waals surface area contributed by atoms with Gasteiger partial charge in [0.1, 0.15) is 0 Å². The number of hydrogen-bond donors (Lipinski definition) is 3. The molecule has 0 heterocycles. The Bertz CT molecular complexity index is 850. The molecule has 0 saturated carbocycles. The van der Waals surface area contributed by atoms with Crippen molar-refractivity contribution in [3.05, 3.63) is 59.7 Å². The van der Waals surface area contributed by atoms with Crippen LogP contribution < -0.4 is 10.0 Å². The first-order valence-corrected chi connectivity index (χ1v) is 9.48. The van der Waals surface area contributed by atoms with Crippen LogP contribution in [0.4, 0.5) is 5.69 Å². The number of carbonyl (C=O) groups is 1. The molecule has 0 aromatic heterocycles. The highest BCUT2D eigenvalue weighted by molar-refractivity contribution is 7.89. The smallest absolute Gasteiger partial charge is 0.335 e. The zero-order valence-electron chi connectivity index (χ0n) is 14.2. The van der Waals surface area contributed by atoms with E-state index < -0.39 is 16.0 Å². The summed E-state index contributed by atoms with van der Waals surface area (Å²) in [4.78, 5) is 11.2. The van der Waals surface area contributed by atoms with Crippen molar-refractivity contribution in [3.63, 3.8) is 0 Å². The molecule has 2 aromatic carbocycles. The third-order valence-electron chi connectivity index (χ3n) is 3.78. The predicted molar refractivity (Wildman–Crippen MR) is 97.2 cm³/mol. The Labute approximate surface area is 147 Å². The second-order valence-electron chi connectivity index (χ2n) is 5.82. The van der Waals surface area contributed by atoms with E-state index in [1.165, 1.54) is 6.07 Å². The molecule has 0 aliphatic heterocycles. The molecule has 0 aliphatic carbocycles. The van der Waals surface area contributed by atoms with Gasteiger partial charge in [-0.1, -0.05) is 25.1 Å². The molecule has 0 bridgehead atoms. The number of hydrogen-bond acceptors (Lipinski definition) is 4. The fourth-order valence-electron chi connectivity index (χ4n) is 2.21. The first kappa shape index (κ1) is 19.0. The first-order chi connectivity index (χ1) is 11.8. The van der Waals surface area contributed by atoms with E-state index in [2.05, 4.69) is 10.0 Å². The summed E-state index contributed by atoms with van der Waals surface area (Å²) in [6.45, 7) is 4.12. The minimum absolute atomic E-state index is 0.139. The number of sulfonamides is 1. The molecule has 6 nitrogen and oxygen atoms in total. The summed E-state index contributed by atoms with van der Waals surface area (Å²) in [6.07, 6.45) is 0.705. The number of carboxylic acids is 1. The number of nitrogens with one attached hydrogen (secondary N) is 2. The van der Waals surface area contributed by atoms with Gasteiger partial charge in [0.25, 0.3) is 0 Å². The molecule has 0 amide bonds. The van der Waals surface area contributed by atoms with Crippen LogP contribution >= 0.6 is 0 Å². The lowest BCUT2D eigenvalue weighted by molar-refractivity contribution is 0.0696. The summed E-state index contributed by atoms with van der Waals surface area (Å²) in [6, 6.07) is 13.0. The summed E-state index contributed by atoms with van der Waals surface area (Å²) in [5.74, 6) is -0.981. The lowest BCUT2D eigenvalue weighted by Crippen LogP contribution is -2.32. The molecule has 2 rings (SSSR count). The van der Waals surface area contributed by atoms with Crippen LogP contribution in [0.2, 0.25) is 0 Å². The first-order valence-electron chi connectivity index (χ1n) is 8.00. The Morgan fingerprint density at radius 3 is 2.56 bits per heavy atom. The number of aromatic carboxylic acids is 1. The molecule has 134 valence electrons. The van der Waals surface area contributed by atoms with Gasteiger partial charge < -0.3 is 10.4 Å². The number of benzene rings is 2. The Balaban J connectivity index is 2.12. The zero-order chi connectivity index (χ0) is 18.4. The van der Waals surface area contributed by atoms with Gasteiger partial charge in [-0.05, 0) is 49.2 Å². The maximum Gasteiger partial charge on any atom is 0.335 e. The molecule has 0 radical (unpaired) electrons. The van der Waals surface area contributed by atoms with Crippen molar-refractivity contribution >= 4 is 21.7 Å². The van der Waals surface area contributed by atoms with Crippen molar-refractivity contribution in [1.29, 1.82) is 0 Å². The lowest BCUT2D eigenvalue weighted by atomic mass is 10.1. The van der Waals surface area contributed by atoms with E-state index in [0.29, 0.717) is 18.7 Å². The largest absolute Gasteiger partial charge is 0.478 e. The number of rotatable bonds is 8. The predicted octanol–water partition coefficient (Wildman–Crippen LogP) is 3.07. The lowest BCUT2D eigenvalue weighted by Gasteiger charge is -2.13. The molecule has 2 aromatic rings. The van der Waals surface area contributed by atoms with Gasteiger partial charge in [0, 0.05) is 18.3 Å². The van der Waals surface area contributed by atoms with Crippen LogP contribution in [0.25, 0.3) is 0 Å². The van der Waals surface area contributed by atoms with Crippen molar-refractivity contribution in [3.8, 4) is 0 Å². The maximum absolute atomic E-state index is 12.3. The second kappa shape index (κ2) is 8.13. The van der Waals surface area contributed by atoms with Gasteiger partial charge in [0.15, 0.2) is 0 Å². The fraction of sp³-hybridized carbons (Fsp3) is 0.278. The van der Waals surface area contributed by atoms with Crippen LogP contribution in [0.5, 0.6) is 0 Å². The zero-order valence-corrected chi connectivity index (χ0v) is 15.0. The molecule has 0 spiro atoms. The molecular weight excluding hydrogens is 340 g/mol. The molecule has 1 unspecified atom stereocenters. The summed E-state index contributed by atoms with van der Waals surface area (Å²) in [7, 11) is -3.56. The van der Waals surface area contributed by atoms with Gasteiger partial charge >= 0.3 is 5.97 Å². The van der Waals surface area contributed by atoms with E-state index in [9.17, 15) is 13.2 Å². The Hall–Kier alpha value is -2.38. The molecule has 0 fully saturated rings. The van der Waals surface area contributed by atoms with Crippen molar-refractivity contribution < 1.29 is 18.3 Å². The van der Waals surface area contributed by atoms with Crippen molar-refractivity contribution in [2.45, 2.75) is 37.8 Å². The number of anilines is 1. The average Bonchev–Trinajstić information content (AvgIpc) is 2.60. The normalized spacial score (nSPS) is 12.6. The van der Waals surface area contributed by atoms with Gasteiger partial charge in [0.2, 0.25) is 10.0 Å². The van der Waals surface area contributed by atoms with Crippen LogP contribution in [0.3, 0.4) is 0 Å². The fourth-order valence-corrected chi connectivity index (χ4v) is 3.58. The van der Waals surface area contributed by atoms with Crippen LogP contribution in [0, 0.1) is 0 Å². The quantitative estimate of drug-likeness (QED) is 0.671. The second-order valence-corrected chi connectivity index (χ2v) is 7.53. The SMILES string of the molecule is CCC(C)NS(=O)(=O)c1cccc(NCc2cccc(C(=O)O)c2)c1. The summed E-state index contributed by atoms with van der Waals surface area (Å²) in [5.41, 5.74) is 1.66. The monoisotopic (exact) mass is 362 g/mol. The molecule has 3 N–H and O–H groups in total. The summed E-state index contributed by atoms with van der Waals surface area (Å²) in [5, 5.41) is 12.1. The summed E-state index contributed by atoms with van der Waals surface area (Å²) < 4.78 is 27.3. The van der Waals surface area contributed by atoms with Crippen molar-refractivity contribution in [2.75, 3.05) is 5.32 Å². The van der Waals surface area contributed by atoms with E-state index in [1.54, 1.807) is 36.4 Å². The number of carboxylic acid groups (broad SMARTS) is 1. The topological polar surface area (TPSA) is 95.5 Å². The van der Waals surface area contributed by atoms with E-state index in [1.807, 2.05) is 19.9 Å². The highest BCUT2D eigenvalue weighted by Crippen LogP contribution is 2.17. The Morgan fingerprint density at radius 1 is 1.16 bits per heavy atom. The van der Waals surface area contributed by atoms with Crippen LogP contribution in [-0.2, 0) is 16.6 Å².